The molecule has 0 aromatic heterocycles. The molecule has 1 nitrogen and oxygen atoms in total. The fourth-order valence-electron chi connectivity index (χ4n) is 3.66. The van der Waals surface area contributed by atoms with Crippen molar-refractivity contribution in [1.29, 1.82) is 0 Å². The van der Waals surface area contributed by atoms with Crippen molar-refractivity contribution in [2.75, 3.05) is 13.1 Å². The Morgan fingerprint density at radius 1 is 0.938 bits per heavy atom. The SMILES string of the molecule is CCCC1CCCCN1CC1CCCCC1. The van der Waals surface area contributed by atoms with Crippen molar-refractivity contribution in [1.82, 2.24) is 4.90 Å². The minimum atomic E-state index is 0.931. The van der Waals surface area contributed by atoms with Crippen LogP contribution in [0.5, 0.6) is 0 Å². The molecule has 1 unspecified atom stereocenters. The van der Waals surface area contributed by atoms with Crippen molar-refractivity contribution in [3.05, 3.63) is 0 Å². The molecule has 94 valence electrons. The van der Waals surface area contributed by atoms with Crippen molar-refractivity contribution in [2.45, 2.75) is 77.2 Å². The quantitative estimate of drug-likeness (QED) is 0.689. The van der Waals surface area contributed by atoms with Crippen molar-refractivity contribution in [2.24, 2.45) is 5.92 Å². The molecule has 16 heavy (non-hydrogen) atoms. The number of nitrogens with zero attached hydrogens (tertiary/aromatic N) is 1. The fraction of sp³-hybridized carbons (Fsp3) is 1.00. The lowest BCUT2D eigenvalue weighted by atomic mass is 9.87. The van der Waals surface area contributed by atoms with Crippen molar-refractivity contribution < 1.29 is 0 Å². The predicted octanol–water partition coefficient (Wildman–Crippen LogP) is 4.22. The summed E-state index contributed by atoms with van der Waals surface area (Å²) in [6.45, 7) is 5.15. The van der Waals surface area contributed by atoms with Crippen LogP contribution in [-0.4, -0.2) is 24.0 Å². The Morgan fingerprint density at radius 3 is 2.44 bits per heavy atom. The molecule has 2 fully saturated rings. The minimum absolute atomic E-state index is 0.931. The molecule has 0 bridgehead atoms. The lowest BCUT2D eigenvalue weighted by Gasteiger charge is -2.38. The topological polar surface area (TPSA) is 3.24 Å². The summed E-state index contributed by atoms with van der Waals surface area (Å²) in [5.74, 6) is 1.03. The van der Waals surface area contributed by atoms with E-state index in [1.165, 1.54) is 77.3 Å². The molecule has 0 spiro atoms. The fourth-order valence-corrected chi connectivity index (χ4v) is 3.66. The van der Waals surface area contributed by atoms with Gasteiger partial charge in [-0.1, -0.05) is 39.0 Å². The van der Waals surface area contributed by atoms with E-state index in [4.69, 9.17) is 0 Å². The molecule has 1 saturated heterocycles. The molecule has 1 atom stereocenters. The van der Waals surface area contributed by atoms with Crippen LogP contribution in [0.25, 0.3) is 0 Å². The van der Waals surface area contributed by atoms with Crippen molar-refractivity contribution in [3.63, 3.8) is 0 Å². The van der Waals surface area contributed by atoms with Gasteiger partial charge >= 0.3 is 0 Å². The number of piperidine rings is 1. The van der Waals surface area contributed by atoms with Crippen LogP contribution < -0.4 is 0 Å². The molecule has 1 heteroatoms. The second kappa shape index (κ2) is 6.64. The Morgan fingerprint density at radius 2 is 1.69 bits per heavy atom. The van der Waals surface area contributed by atoms with E-state index < -0.39 is 0 Å². The Bertz CT molecular complexity index is 182. The smallest absolute Gasteiger partial charge is 0.00952 e. The van der Waals surface area contributed by atoms with E-state index in [1.54, 1.807) is 0 Å². The molecule has 1 aliphatic heterocycles. The molecule has 1 aliphatic carbocycles. The normalized spacial score (nSPS) is 29.4. The monoisotopic (exact) mass is 223 g/mol. The Balaban J connectivity index is 1.80. The van der Waals surface area contributed by atoms with Crippen molar-refractivity contribution in [3.8, 4) is 0 Å². The van der Waals surface area contributed by atoms with E-state index in [0.717, 1.165) is 12.0 Å². The zero-order chi connectivity index (χ0) is 11.2. The first-order chi connectivity index (χ1) is 7.90. The minimum Gasteiger partial charge on any atom is -0.300 e. The van der Waals surface area contributed by atoms with E-state index in [1.807, 2.05) is 0 Å². The molecule has 2 rings (SSSR count). The number of likely N-dealkylation sites (tertiary alicyclic amines) is 1. The van der Waals surface area contributed by atoms with Gasteiger partial charge in [-0.2, -0.15) is 0 Å². The van der Waals surface area contributed by atoms with Gasteiger partial charge in [-0.05, 0) is 44.6 Å². The second-order valence-electron chi connectivity index (χ2n) is 5.94. The molecule has 1 heterocycles. The lowest BCUT2D eigenvalue weighted by molar-refractivity contribution is 0.107. The lowest BCUT2D eigenvalue weighted by Crippen LogP contribution is -2.42. The van der Waals surface area contributed by atoms with Crippen LogP contribution in [0.4, 0.5) is 0 Å². The zero-order valence-corrected chi connectivity index (χ0v) is 11.1. The number of hydrogen-bond acceptors (Lipinski definition) is 1. The van der Waals surface area contributed by atoms with Gasteiger partial charge in [0.15, 0.2) is 0 Å². The summed E-state index contributed by atoms with van der Waals surface area (Å²) in [6, 6.07) is 0.931. The maximum absolute atomic E-state index is 2.84. The molecule has 0 radical (unpaired) electrons. The highest BCUT2D eigenvalue weighted by molar-refractivity contribution is 4.79. The zero-order valence-electron chi connectivity index (χ0n) is 11.1. The van der Waals surface area contributed by atoms with Gasteiger partial charge in [0.05, 0.1) is 0 Å². The summed E-state index contributed by atoms with van der Waals surface area (Å²) >= 11 is 0. The second-order valence-corrected chi connectivity index (χ2v) is 5.94. The van der Waals surface area contributed by atoms with E-state index in [9.17, 15) is 0 Å². The van der Waals surface area contributed by atoms with Gasteiger partial charge in [0.25, 0.3) is 0 Å². The van der Waals surface area contributed by atoms with Crippen LogP contribution >= 0.6 is 0 Å². The van der Waals surface area contributed by atoms with E-state index in [-0.39, 0.29) is 0 Å². The first kappa shape index (κ1) is 12.4. The third-order valence-electron chi connectivity index (χ3n) is 4.59. The van der Waals surface area contributed by atoms with E-state index >= 15 is 0 Å². The van der Waals surface area contributed by atoms with Crippen LogP contribution in [-0.2, 0) is 0 Å². The summed E-state index contributed by atoms with van der Waals surface area (Å²) < 4.78 is 0. The third-order valence-corrected chi connectivity index (χ3v) is 4.59. The number of rotatable bonds is 4. The summed E-state index contributed by atoms with van der Waals surface area (Å²) in [4.78, 5) is 2.84. The standard InChI is InChI=1S/C15H29N/c1-2-8-15-11-6-7-12-16(15)13-14-9-4-3-5-10-14/h14-15H,2-13H2,1H3. The molecular weight excluding hydrogens is 194 g/mol. The summed E-state index contributed by atoms with van der Waals surface area (Å²) in [6.07, 6.45) is 14.7. The van der Waals surface area contributed by atoms with Gasteiger partial charge < -0.3 is 4.90 Å². The van der Waals surface area contributed by atoms with Crippen LogP contribution in [0.2, 0.25) is 0 Å². The van der Waals surface area contributed by atoms with Gasteiger partial charge in [-0.25, -0.2) is 0 Å². The highest BCUT2D eigenvalue weighted by Crippen LogP contribution is 2.28. The van der Waals surface area contributed by atoms with Gasteiger partial charge in [0.2, 0.25) is 0 Å². The maximum atomic E-state index is 2.84. The van der Waals surface area contributed by atoms with Crippen LogP contribution in [0.15, 0.2) is 0 Å². The number of hydrogen-bond donors (Lipinski definition) is 0. The first-order valence-corrected chi connectivity index (χ1v) is 7.64. The van der Waals surface area contributed by atoms with E-state index in [2.05, 4.69) is 11.8 Å². The Kier molecular flexibility index (Phi) is 5.15. The third kappa shape index (κ3) is 3.48. The predicted molar refractivity (Wildman–Crippen MR) is 70.7 cm³/mol. The van der Waals surface area contributed by atoms with Gasteiger partial charge in [0, 0.05) is 12.6 Å². The summed E-state index contributed by atoms with van der Waals surface area (Å²) in [5, 5.41) is 0. The molecule has 0 aromatic carbocycles. The highest BCUT2D eigenvalue weighted by Gasteiger charge is 2.24. The average Bonchev–Trinajstić information content (AvgIpc) is 2.33. The van der Waals surface area contributed by atoms with Crippen LogP contribution in [0, 0.1) is 5.92 Å². The van der Waals surface area contributed by atoms with Crippen LogP contribution in [0.3, 0.4) is 0 Å². The van der Waals surface area contributed by atoms with Crippen molar-refractivity contribution >= 4 is 0 Å². The van der Waals surface area contributed by atoms with Gasteiger partial charge in [0.1, 0.15) is 0 Å². The molecule has 2 aliphatic rings. The maximum Gasteiger partial charge on any atom is 0.00952 e. The molecule has 1 saturated carbocycles. The highest BCUT2D eigenvalue weighted by atomic mass is 15.2. The Labute approximate surface area is 102 Å². The largest absolute Gasteiger partial charge is 0.300 e. The molecule has 0 amide bonds. The summed E-state index contributed by atoms with van der Waals surface area (Å²) in [7, 11) is 0. The van der Waals surface area contributed by atoms with E-state index in [0.29, 0.717) is 0 Å². The van der Waals surface area contributed by atoms with Gasteiger partial charge in [-0.15, -0.1) is 0 Å². The van der Waals surface area contributed by atoms with Gasteiger partial charge in [-0.3, -0.25) is 0 Å². The first-order valence-electron chi connectivity index (χ1n) is 7.64. The Hall–Kier alpha value is -0.0400. The molecule has 0 N–H and O–H groups in total. The average molecular weight is 223 g/mol. The summed E-state index contributed by atoms with van der Waals surface area (Å²) in [5.41, 5.74) is 0. The van der Waals surface area contributed by atoms with Crippen LogP contribution in [0.1, 0.15) is 71.1 Å². The molecule has 0 aromatic rings. The molecular formula is C15H29N.